The van der Waals surface area contributed by atoms with Gasteiger partial charge in [0.05, 0.1) is 24.9 Å². The Morgan fingerprint density at radius 1 is 1.16 bits per heavy atom. The van der Waals surface area contributed by atoms with Crippen molar-refractivity contribution >= 4 is 5.52 Å². The third kappa shape index (κ3) is 1.96. The molecule has 0 unspecified atom stereocenters. The van der Waals surface area contributed by atoms with Gasteiger partial charge in [-0.25, -0.2) is 4.98 Å². The number of benzene rings is 1. The topological polar surface area (TPSA) is 46.8 Å². The van der Waals surface area contributed by atoms with Crippen molar-refractivity contribution in [3.8, 4) is 17.1 Å². The lowest BCUT2D eigenvalue weighted by atomic mass is 10.2. The van der Waals surface area contributed by atoms with Crippen LogP contribution in [0.25, 0.3) is 16.9 Å². The van der Waals surface area contributed by atoms with Crippen LogP contribution in [0.5, 0.6) is 5.75 Å². The van der Waals surface area contributed by atoms with Crippen molar-refractivity contribution in [1.82, 2.24) is 9.38 Å². The van der Waals surface area contributed by atoms with Gasteiger partial charge in [0.1, 0.15) is 11.6 Å². The van der Waals surface area contributed by atoms with Gasteiger partial charge >= 0.3 is 0 Å². The molecule has 0 atom stereocenters. The monoisotopic (exact) mass is 254 g/mol. The van der Waals surface area contributed by atoms with Gasteiger partial charge in [-0.15, -0.1) is 0 Å². The summed E-state index contributed by atoms with van der Waals surface area (Å²) in [6.07, 6.45) is 1.95. The molecule has 4 heteroatoms. The zero-order valence-corrected chi connectivity index (χ0v) is 10.6. The quantitative estimate of drug-likeness (QED) is 0.781. The molecule has 0 spiro atoms. The molecule has 0 aliphatic rings. The number of hydrogen-bond donors (Lipinski definition) is 1. The van der Waals surface area contributed by atoms with E-state index in [1.165, 1.54) is 0 Å². The molecule has 0 bridgehead atoms. The maximum Gasteiger partial charge on any atom is 0.144 e. The van der Waals surface area contributed by atoms with E-state index in [1.54, 1.807) is 7.11 Å². The van der Waals surface area contributed by atoms with Gasteiger partial charge in [-0.3, -0.25) is 4.40 Å². The molecule has 0 radical (unpaired) electrons. The Hall–Kier alpha value is -2.33. The molecule has 3 aromatic rings. The number of aromatic nitrogens is 2. The van der Waals surface area contributed by atoms with Crippen LogP contribution < -0.4 is 4.74 Å². The smallest absolute Gasteiger partial charge is 0.144 e. The predicted molar refractivity (Wildman–Crippen MR) is 73.1 cm³/mol. The molecular formula is C15H14N2O2. The van der Waals surface area contributed by atoms with Gasteiger partial charge in [-0.05, 0) is 36.4 Å². The highest BCUT2D eigenvalue weighted by molar-refractivity contribution is 5.65. The van der Waals surface area contributed by atoms with E-state index in [2.05, 4.69) is 4.98 Å². The van der Waals surface area contributed by atoms with Crippen LogP contribution in [0, 0.1) is 0 Å². The third-order valence-electron chi connectivity index (χ3n) is 3.12. The minimum Gasteiger partial charge on any atom is -0.497 e. The largest absolute Gasteiger partial charge is 0.497 e. The van der Waals surface area contributed by atoms with E-state index in [1.807, 2.05) is 53.1 Å². The van der Waals surface area contributed by atoms with Crippen LogP contribution in [-0.2, 0) is 6.61 Å². The van der Waals surface area contributed by atoms with Crippen molar-refractivity contribution in [2.24, 2.45) is 0 Å². The highest BCUT2D eigenvalue weighted by atomic mass is 16.5. The first kappa shape index (κ1) is 11.7. The van der Waals surface area contributed by atoms with Crippen molar-refractivity contribution in [3.05, 3.63) is 54.4 Å². The molecule has 2 heterocycles. The summed E-state index contributed by atoms with van der Waals surface area (Å²) in [5, 5.41) is 9.38. The molecule has 19 heavy (non-hydrogen) atoms. The van der Waals surface area contributed by atoms with Gasteiger partial charge in [-0.1, -0.05) is 6.07 Å². The lowest BCUT2D eigenvalue weighted by Gasteiger charge is -2.03. The second kappa shape index (κ2) is 4.74. The Balaban J connectivity index is 2.18. The Labute approximate surface area is 110 Å². The summed E-state index contributed by atoms with van der Waals surface area (Å²) in [4.78, 5) is 4.51. The maximum atomic E-state index is 9.38. The first-order valence-corrected chi connectivity index (χ1v) is 6.04. The number of aliphatic hydroxyl groups excluding tert-OH is 1. The van der Waals surface area contributed by atoms with Crippen LogP contribution in [-0.4, -0.2) is 21.6 Å². The Morgan fingerprint density at radius 3 is 2.63 bits per heavy atom. The number of hydrogen-bond acceptors (Lipinski definition) is 3. The van der Waals surface area contributed by atoms with E-state index in [0.29, 0.717) is 5.69 Å². The van der Waals surface area contributed by atoms with Crippen molar-refractivity contribution in [2.45, 2.75) is 6.61 Å². The van der Waals surface area contributed by atoms with Gasteiger partial charge < -0.3 is 9.84 Å². The van der Waals surface area contributed by atoms with E-state index in [4.69, 9.17) is 4.74 Å². The second-order valence-electron chi connectivity index (χ2n) is 4.22. The number of aliphatic hydroxyl groups is 1. The second-order valence-corrected chi connectivity index (χ2v) is 4.22. The van der Waals surface area contributed by atoms with Crippen LogP contribution in [0.3, 0.4) is 0 Å². The summed E-state index contributed by atoms with van der Waals surface area (Å²) in [5.41, 5.74) is 2.60. The van der Waals surface area contributed by atoms with Crippen molar-refractivity contribution < 1.29 is 9.84 Å². The van der Waals surface area contributed by atoms with Gasteiger partial charge in [0.2, 0.25) is 0 Å². The Morgan fingerprint density at radius 2 is 1.95 bits per heavy atom. The highest BCUT2D eigenvalue weighted by Crippen LogP contribution is 2.24. The van der Waals surface area contributed by atoms with Crippen molar-refractivity contribution in [2.75, 3.05) is 7.11 Å². The van der Waals surface area contributed by atoms with Crippen molar-refractivity contribution in [3.63, 3.8) is 0 Å². The molecule has 0 amide bonds. The molecule has 1 aromatic carbocycles. The molecule has 1 N–H and O–H groups in total. The lowest BCUT2D eigenvalue weighted by molar-refractivity contribution is 0.279. The SMILES string of the molecule is COc1ccc(-c2nc(CO)c3ccccn23)cc1. The molecule has 2 aromatic heterocycles. The summed E-state index contributed by atoms with van der Waals surface area (Å²) in [6, 6.07) is 13.6. The number of pyridine rings is 1. The summed E-state index contributed by atoms with van der Waals surface area (Å²) < 4.78 is 7.13. The summed E-state index contributed by atoms with van der Waals surface area (Å²) in [7, 11) is 1.64. The number of methoxy groups -OCH3 is 1. The van der Waals surface area contributed by atoms with Crippen LogP contribution in [0.15, 0.2) is 48.7 Å². The number of imidazole rings is 1. The molecule has 4 nitrogen and oxygen atoms in total. The fraction of sp³-hybridized carbons (Fsp3) is 0.133. The number of fused-ring (bicyclic) bond motifs is 1. The van der Waals surface area contributed by atoms with E-state index in [9.17, 15) is 5.11 Å². The molecular weight excluding hydrogens is 240 g/mol. The van der Waals surface area contributed by atoms with Crippen LogP contribution in [0.4, 0.5) is 0 Å². The van der Waals surface area contributed by atoms with Gasteiger partial charge in [0.15, 0.2) is 0 Å². The molecule has 3 rings (SSSR count). The predicted octanol–water partition coefficient (Wildman–Crippen LogP) is 2.50. The van der Waals surface area contributed by atoms with Crippen LogP contribution in [0.2, 0.25) is 0 Å². The molecule has 96 valence electrons. The molecule has 0 aliphatic heterocycles. The Bertz CT molecular complexity index is 702. The van der Waals surface area contributed by atoms with Crippen LogP contribution >= 0.6 is 0 Å². The average Bonchev–Trinajstić information content (AvgIpc) is 2.86. The molecule has 0 fully saturated rings. The van der Waals surface area contributed by atoms with E-state index < -0.39 is 0 Å². The standard InChI is InChI=1S/C15H14N2O2/c1-19-12-7-5-11(6-8-12)15-16-13(10-18)14-4-2-3-9-17(14)15/h2-9,18H,10H2,1H3. The van der Waals surface area contributed by atoms with Crippen molar-refractivity contribution in [1.29, 1.82) is 0 Å². The lowest BCUT2D eigenvalue weighted by Crippen LogP contribution is -1.89. The Kier molecular flexibility index (Phi) is 2.93. The normalized spacial score (nSPS) is 10.8. The zero-order valence-electron chi connectivity index (χ0n) is 10.6. The first-order valence-electron chi connectivity index (χ1n) is 6.04. The first-order chi connectivity index (χ1) is 9.33. The summed E-state index contributed by atoms with van der Waals surface area (Å²) in [5.74, 6) is 1.63. The van der Waals surface area contributed by atoms with E-state index >= 15 is 0 Å². The molecule has 0 saturated carbocycles. The molecule has 0 aliphatic carbocycles. The highest BCUT2D eigenvalue weighted by Gasteiger charge is 2.11. The average molecular weight is 254 g/mol. The minimum atomic E-state index is -0.0658. The minimum absolute atomic E-state index is 0.0658. The molecule has 0 saturated heterocycles. The fourth-order valence-electron chi connectivity index (χ4n) is 2.16. The maximum absolute atomic E-state index is 9.38. The number of rotatable bonds is 3. The van der Waals surface area contributed by atoms with Gasteiger partial charge in [-0.2, -0.15) is 0 Å². The van der Waals surface area contributed by atoms with Gasteiger partial charge in [0.25, 0.3) is 0 Å². The summed E-state index contributed by atoms with van der Waals surface area (Å²) in [6.45, 7) is -0.0658. The number of nitrogens with zero attached hydrogens (tertiary/aromatic N) is 2. The van der Waals surface area contributed by atoms with Crippen LogP contribution in [0.1, 0.15) is 5.69 Å². The third-order valence-corrected chi connectivity index (χ3v) is 3.12. The number of ether oxygens (including phenoxy) is 1. The van der Waals surface area contributed by atoms with Gasteiger partial charge in [0, 0.05) is 11.8 Å². The fourth-order valence-corrected chi connectivity index (χ4v) is 2.16. The van der Waals surface area contributed by atoms with E-state index in [-0.39, 0.29) is 6.61 Å². The zero-order chi connectivity index (χ0) is 13.2. The van der Waals surface area contributed by atoms with E-state index in [0.717, 1.165) is 22.7 Å². The summed E-state index contributed by atoms with van der Waals surface area (Å²) >= 11 is 0.